The van der Waals surface area contributed by atoms with Gasteiger partial charge in [0.2, 0.25) is 5.91 Å². The summed E-state index contributed by atoms with van der Waals surface area (Å²) in [7, 11) is 3.83. The van der Waals surface area contributed by atoms with Crippen LogP contribution in [0.15, 0.2) is 18.3 Å². The van der Waals surface area contributed by atoms with Gasteiger partial charge in [0.05, 0.1) is 5.56 Å². The Hall–Kier alpha value is -2.28. The molecule has 0 atom stereocenters. The number of carbonyl (C=O) groups excluding carboxylic acids is 3. The number of hydrogen-bond donors (Lipinski definition) is 1. The molecule has 0 radical (unpaired) electrons. The predicted octanol–water partition coefficient (Wildman–Crippen LogP) is -0.254. The first-order valence-electron chi connectivity index (χ1n) is 6.73. The first-order chi connectivity index (χ1) is 10.0. The number of carbonyl (C=O) groups is 3. The van der Waals surface area contributed by atoms with Crippen molar-refractivity contribution in [2.24, 2.45) is 0 Å². The van der Waals surface area contributed by atoms with Crippen LogP contribution < -0.4 is 5.32 Å². The maximum atomic E-state index is 12.0. The van der Waals surface area contributed by atoms with Crippen molar-refractivity contribution in [3.8, 4) is 0 Å². The van der Waals surface area contributed by atoms with Gasteiger partial charge in [0, 0.05) is 32.3 Å². The zero-order valence-electron chi connectivity index (χ0n) is 12.1. The number of rotatable bonds is 6. The van der Waals surface area contributed by atoms with Crippen LogP contribution in [-0.2, 0) is 4.79 Å². The number of hydrogen-bond acceptors (Lipinski definition) is 5. The second-order valence-corrected chi connectivity index (χ2v) is 5.06. The number of pyridine rings is 1. The largest absolute Gasteiger partial charge is 0.355 e. The summed E-state index contributed by atoms with van der Waals surface area (Å²) < 4.78 is 0. The number of nitrogens with zero attached hydrogens (tertiary/aromatic N) is 3. The van der Waals surface area contributed by atoms with E-state index in [4.69, 9.17) is 0 Å². The molecule has 3 amide bonds. The summed E-state index contributed by atoms with van der Waals surface area (Å²) in [4.78, 5) is 42.7. The van der Waals surface area contributed by atoms with Crippen LogP contribution >= 0.6 is 0 Å². The average Bonchev–Trinajstić information content (AvgIpc) is 2.69. The molecule has 0 saturated carbocycles. The molecular formula is C14H18N4O3. The topological polar surface area (TPSA) is 82.6 Å². The second-order valence-electron chi connectivity index (χ2n) is 5.06. The van der Waals surface area contributed by atoms with Crippen LogP contribution in [0.5, 0.6) is 0 Å². The van der Waals surface area contributed by atoms with E-state index in [9.17, 15) is 14.4 Å². The van der Waals surface area contributed by atoms with Gasteiger partial charge >= 0.3 is 0 Å². The van der Waals surface area contributed by atoms with Gasteiger partial charge in [-0.15, -0.1) is 0 Å². The van der Waals surface area contributed by atoms with Crippen LogP contribution in [0.1, 0.15) is 27.3 Å². The van der Waals surface area contributed by atoms with Gasteiger partial charge < -0.3 is 10.2 Å². The Morgan fingerprint density at radius 2 is 2.10 bits per heavy atom. The molecule has 0 unspecified atom stereocenters. The monoisotopic (exact) mass is 290 g/mol. The van der Waals surface area contributed by atoms with Crippen molar-refractivity contribution in [3.63, 3.8) is 0 Å². The molecule has 112 valence electrons. The van der Waals surface area contributed by atoms with Crippen LogP contribution in [0.25, 0.3) is 0 Å². The van der Waals surface area contributed by atoms with Crippen LogP contribution in [0, 0.1) is 0 Å². The summed E-state index contributed by atoms with van der Waals surface area (Å²) in [5, 5.41) is 2.74. The molecule has 1 aromatic heterocycles. The lowest BCUT2D eigenvalue weighted by molar-refractivity contribution is -0.121. The molecule has 1 aromatic rings. The van der Waals surface area contributed by atoms with E-state index in [0.29, 0.717) is 12.1 Å². The molecular weight excluding hydrogens is 272 g/mol. The van der Waals surface area contributed by atoms with Gasteiger partial charge in [-0.1, -0.05) is 0 Å². The van der Waals surface area contributed by atoms with Crippen molar-refractivity contribution in [2.75, 3.05) is 33.7 Å². The van der Waals surface area contributed by atoms with Gasteiger partial charge in [-0.2, -0.15) is 0 Å². The van der Waals surface area contributed by atoms with Crippen LogP contribution in [0.4, 0.5) is 0 Å². The van der Waals surface area contributed by atoms with E-state index in [0.717, 1.165) is 11.4 Å². The summed E-state index contributed by atoms with van der Waals surface area (Å²) in [5.74, 6) is -0.998. The summed E-state index contributed by atoms with van der Waals surface area (Å²) in [5.41, 5.74) is 0.464. The number of fused-ring (bicyclic) bond motifs is 1. The zero-order valence-corrected chi connectivity index (χ0v) is 12.1. The van der Waals surface area contributed by atoms with Crippen molar-refractivity contribution in [3.05, 3.63) is 29.6 Å². The predicted molar refractivity (Wildman–Crippen MR) is 75.8 cm³/mol. The maximum absolute atomic E-state index is 12.0. The quantitative estimate of drug-likeness (QED) is 0.730. The van der Waals surface area contributed by atoms with Gasteiger partial charge in [0.25, 0.3) is 11.8 Å². The summed E-state index contributed by atoms with van der Waals surface area (Å²) >= 11 is 0. The molecule has 7 nitrogen and oxygen atoms in total. The number of aromatic nitrogens is 1. The molecule has 2 heterocycles. The second kappa shape index (κ2) is 6.45. The minimum atomic E-state index is -0.434. The van der Waals surface area contributed by atoms with Gasteiger partial charge in [-0.25, -0.2) is 0 Å². The number of amides is 3. The van der Waals surface area contributed by atoms with E-state index in [1.54, 1.807) is 12.1 Å². The van der Waals surface area contributed by atoms with Crippen molar-refractivity contribution >= 4 is 17.7 Å². The van der Waals surface area contributed by atoms with Crippen molar-refractivity contribution in [1.29, 1.82) is 0 Å². The van der Waals surface area contributed by atoms with Gasteiger partial charge in [-0.3, -0.25) is 24.3 Å². The minimum absolute atomic E-state index is 0.0713. The highest BCUT2D eigenvalue weighted by Crippen LogP contribution is 2.20. The standard InChI is InChI=1S/C14H18N4O3/c1-17(2)9-7-15-11(19)5-8-18-13(20)10-4-3-6-16-12(10)14(18)21/h3-4,6H,5,7-9H2,1-2H3,(H,15,19). The van der Waals surface area contributed by atoms with Crippen molar-refractivity contribution in [1.82, 2.24) is 20.1 Å². The summed E-state index contributed by atoms with van der Waals surface area (Å²) in [6.07, 6.45) is 1.57. The molecule has 1 N–H and O–H groups in total. The average molecular weight is 290 g/mol. The molecule has 1 aliphatic heterocycles. The molecule has 0 spiro atoms. The van der Waals surface area contributed by atoms with Gasteiger partial charge in [0.15, 0.2) is 0 Å². The van der Waals surface area contributed by atoms with E-state index < -0.39 is 5.91 Å². The fraction of sp³-hybridized carbons (Fsp3) is 0.429. The van der Waals surface area contributed by atoms with Crippen molar-refractivity contribution < 1.29 is 14.4 Å². The Kier molecular flexibility index (Phi) is 4.64. The Bertz CT molecular complexity index is 536. The summed E-state index contributed by atoms with van der Waals surface area (Å²) in [6.45, 7) is 1.35. The lowest BCUT2D eigenvalue weighted by atomic mass is 10.2. The third-order valence-corrected chi connectivity index (χ3v) is 3.17. The normalized spacial score (nSPS) is 13.8. The molecule has 0 aromatic carbocycles. The van der Waals surface area contributed by atoms with Crippen LogP contribution in [0.2, 0.25) is 0 Å². The molecule has 0 bridgehead atoms. The van der Waals surface area contributed by atoms with E-state index in [1.807, 2.05) is 19.0 Å². The zero-order chi connectivity index (χ0) is 15.4. The maximum Gasteiger partial charge on any atom is 0.280 e. The molecule has 0 aliphatic carbocycles. The van der Waals surface area contributed by atoms with Crippen LogP contribution in [-0.4, -0.2) is 66.2 Å². The third kappa shape index (κ3) is 3.43. The smallest absolute Gasteiger partial charge is 0.280 e. The number of nitrogens with one attached hydrogen (secondary N) is 1. The molecule has 21 heavy (non-hydrogen) atoms. The molecule has 2 rings (SSSR count). The van der Waals surface area contributed by atoms with Gasteiger partial charge in [0.1, 0.15) is 5.69 Å². The van der Waals surface area contributed by atoms with Crippen molar-refractivity contribution in [2.45, 2.75) is 6.42 Å². The Morgan fingerprint density at radius 1 is 1.33 bits per heavy atom. The lowest BCUT2D eigenvalue weighted by Gasteiger charge is -2.14. The fourth-order valence-corrected chi connectivity index (χ4v) is 2.04. The molecule has 0 saturated heterocycles. The number of imide groups is 1. The van der Waals surface area contributed by atoms with E-state index in [2.05, 4.69) is 10.3 Å². The molecule has 1 aliphatic rings. The highest BCUT2D eigenvalue weighted by Gasteiger charge is 2.36. The Balaban J connectivity index is 1.86. The lowest BCUT2D eigenvalue weighted by Crippen LogP contribution is -2.36. The van der Waals surface area contributed by atoms with E-state index in [1.165, 1.54) is 6.20 Å². The molecule has 7 heteroatoms. The first kappa shape index (κ1) is 15.1. The van der Waals surface area contributed by atoms with Gasteiger partial charge in [-0.05, 0) is 26.2 Å². The highest BCUT2D eigenvalue weighted by molar-refractivity contribution is 6.20. The summed E-state index contributed by atoms with van der Waals surface area (Å²) in [6, 6.07) is 3.18. The van der Waals surface area contributed by atoms with Crippen LogP contribution in [0.3, 0.4) is 0 Å². The fourth-order valence-electron chi connectivity index (χ4n) is 2.04. The SMILES string of the molecule is CN(C)CCNC(=O)CCN1C(=O)c2cccnc2C1=O. The first-order valence-corrected chi connectivity index (χ1v) is 6.73. The van der Waals surface area contributed by atoms with E-state index in [-0.39, 0.29) is 30.5 Å². The number of likely N-dealkylation sites (N-methyl/N-ethyl adjacent to an activating group) is 1. The van der Waals surface area contributed by atoms with E-state index >= 15 is 0 Å². The third-order valence-electron chi connectivity index (χ3n) is 3.17. The Morgan fingerprint density at radius 3 is 2.76 bits per heavy atom. The molecule has 0 fully saturated rings. The highest BCUT2D eigenvalue weighted by atomic mass is 16.2. The Labute approximate surface area is 122 Å². The minimum Gasteiger partial charge on any atom is -0.355 e.